The van der Waals surface area contributed by atoms with E-state index in [9.17, 15) is 0 Å². The molecule has 0 amide bonds. The van der Waals surface area contributed by atoms with Crippen molar-refractivity contribution in [2.75, 3.05) is 19.6 Å². The molecule has 0 aromatic carbocycles. The largest absolute Gasteiger partial charge is 0.255 e. The zero-order valence-corrected chi connectivity index (χ0v) is 8.77. The Kier molecular flexibility index (Phi) is 7.51. The number of hydrogen-bond donors (Lipinski definition) is 1. The van der Waals surface area contributed by atoms with E-state index in [0.717, 1.165) is 25.6 Å². The summed E-state index contributed by atoms with van der Waals surface area (Å²) in [4.78, 5) is 0. The number of unbranched alkanes of at least 4 members (excludes halogenated alkanes) is 1. The standard InChI is InChI=1S/C10H23N2/c1-5-7-8-12(11-6-2)9-10(3)4/h10-11H,2,5-9H2,1,3-4H3. The normalized spacial score (nSPS) is 11.5. The third-order valence-corrected chi connectivity index (χ3v) is 1.70. The lowest BCUT2D eigenvalue weighted by Crippen LogP contribution is -2.40. The summed E-state index contributed by atoms with van der Waals surface area (Å²) >= 11 is 0. The molecule has 0 aliphatic carbocycles. The van der Waals surface area contributed by atoms with Gasteiger partial charge in [0.2, 0.25) is 0 Å². The molecule has 2 heteroatoms. The fourth-order valence-corrected chi connectivity index (χ4v) is 1.18. The molecule has 0 aliphatic rings. The van der Waals surface area contributed by atoms with E-state index in [4.69, 9.17) is 0 Å². The minimum absolute atomic E-state index is 0.723. The molecule has 0 unspecified atom stereocenters. The Balaban J connectivity index is 3.54. The Morgan fingerprint density at radius 1 is 1.42 bits per heavy atom. The summed E-state index contributed by atoms with van der Waals surface area (Å²) in [5, 5.41) is 2.28. The lowest BCUT2D eigenvalue weighted by Gasteiger charge is -2.24. The van der Waals surface area contributed by atoms with Gasteiger partial charge in [-0.2, -0.15) is 0 Å². The summed E-state index contributed by atoms with van der Waals surface area (Å²) in [6.45, 7) is 13.5. The van der Waals surface area contributed by atoms with E-state index < -0.39 is 0 Å². The minimum atomic E-state index is 0.723. The van der Waals surface area contributed by atoms with E-state index in [0.29, 0.717) is 0 Å². The molecule has 0 saturated heterocycles. The van der Waals surface area contributed by atoms with Crippen LogP contribution < -0.4 is 5.43 Å². The zero-order chi connectivity index (χ0) is 9.40. The van der Waals surface area contributed by atoms with Crippen LogP contribution in [-0.4, -0.2) is 24.6 Å². The highest BCUT2D eigenvalue weighted by molar-refractivity contribution is 4.56. The lowest BCUT2D eigenvalue weighted by molar-refractivity contribution is 0.172. The monoisotopic (exact) mass is 171 g/mol. The van der Waals surface area contributed by atoms with Crippen molar-refractivity contribution in [1.82, 2.24) is 10.4 Å². The highest BCUT2D eigenvalue weighted by Crippen LogP contribution is 1.97. The molecular formula is C10H23N2. The quantitative estimate of drug-likeness (QED) is 0.590. The van der Waals surface area contributed by atoms with Crippen molar-refractivity contribution in [1.29, 1.82) is 0 Å². The molecule has 0 spiro atoms. The van der Waals surface area contributed by atoms with Gasteiger partial charge in [-0.1, -0.05) is 27.2 Å². The summed E-state index contributed by atoms with van der Waals surface area (Å²) < 4.78 is 0. The number of hydrogen-bond acceptors (Lipinski definition) is 2. The first-order valence-electron chi connectivity index (χ1n) is 4.98. The van der Waals surface area contributed by atoms with Crippen LogP contribution in [-0.2, 0) is 0 Å². The molecule has 0 fully saturated rings. The average molecular weight is 171 g/mol. The van der Waals surface area contributed by atoms with Crippen LogP contribution in [0, 0.1) is 12.8 Å². The molecule has 12 heavy (non-hydrogen) atoms. The molecule has 0 bridgehead atoms. The molecule has 1 radical (unpaired) electrons. The molecule has 1 N–H and O–H groups in total. The first-order chi connectivity index (χ1) is 5.70. The van der Waals surface area contributed by atoms with Gasteiger partial charge in [-0.15, -0.1) is 0 Å². The number of hydrazine groups is 1. The van der Waals surface area contributed by atoms with Crippen LogP contribution in [0.5, 0.6) is 0 Å². The van der Waals surface area contributed by atoms with Gasteiger partial charge in [-0.3, -0.25) is 5.43 Å². The van der Waals surface area contributed by atoms with Crippen molar-refractivity contribution in [3.63, 3.8) is 0 Å². The van der Waals surface area contributed by atoms with E-state index in [-0.39, 0.29) is 0 Å². The first-order valence-corrected chi connectivity index (χ1v) is 4.98. The van der Waals surface area contributed by atoms with Gasteiger partial charge in [-0.25, -0.2) is 5.01 Å². The molecule has 0 heterocycles. The minimum Gasteiger partial charge on any atom is -0.255 e. The van der Waals surface area contributed by atoms with Crippen molar-refractivity contribution >= 4 is 0 Å². The van der Waals surface area contributed by atoms with Gasteiger partial charge in [0, 0.05) is 19.6 Å². The van der Waals surface area contributed by atoms with Crippen molar-refractivity contribution in [2.45, 2.75) is 33.6 Å². The van der Waals surface area contributed by atoms with E-state index >= 15 is 0 Å². The topological polar surface area (TPSA) is 15.3 Å². The Morgan fingerprint density at radius 3 is 2.50 bits per heavy atom. The molecule has 0 aromatic heterocycles. The molecule has 0 aromatic rings. The van der Waals surface area contributed by atoms with E-state index in [1.807, 2.05) is 0 Å². The Labute approximate surface area is 77.3 Å². The van der Waals surface area contributed by atoms with Gasteiger partial charge < -0.3 is 0 Å². The van der Waals surface area contributed by atoms with E-state index in [1.165, 1.54) is 12.8 Å². The van der Waals surface area contributed by atoms with Crippen molar-refractivity contribution in [3.8, 4) is 0 Å². The molecule has 0 aliphatic heterocycles. The maximum absolute atomic E-state index is 3.79. The smallest absolute Gasteiger partial charge is 0.0154 e. The summed E-state index contributed by atoms with van der Waals surface area (Å²) in [5.41, 5.74) is 3.27. The van der Waals surface area contributed by atoms with Gasteiger partial charge in [0.25, 0.3) is 0 Å². The number of nitrogens with one attached hydrogen (secondary N) is 1. The van der Waals surface area contributed by atoms with Gasteiger partial charge >= 0.3 is 0 Å². The van der Waals surface area contributed by atoms with Crippen LogP contribution in [0.3, 0.4) is 0 Å². The van der Waals surface area contributed by atoms with Crippen LogP contribution in [0.2, 0.25) is 0 Å². The first kappa shape index (κ1) is 11.9. The Morgan fingerprint density at radius 2 is 2.08 bits per heavy atom. The van der Waals surface area contributed by atoms with Crippen LogP contribution in [0.1, 0.15) is 33.6 Å². The van der Waals surface area contributed by atoms with Crippen LogP contribution in [0.4, 0.5) is 0 Å². The Hall–Kier alpha value is -0.0800. The fraction of sp³-hybridized carbons (Fsp3) is 0.900. The predicted molar refractivity (Wildman–Crippen MR) is 54.7 cm³/mol. The SMILES string of the molecule is [CH2]CNN(CCCC)CC(C)C. The van der Waals surface area contributed by atoms with Gasteiger partial charge in [-0.05, 0) is 19.3 Å². The van der Waals surface area contributed by atoms with Crippen LogP contribution >= 0.6 is 0 Å². The second-order valence-corrected chi connectivity index (χ2v) is 3.60. The molecule has 0 rings (SSSR count). The van der Waals surface area contributed by atoms with Crippen molar-refractivity contribution in [2.24, 2.45) is 5.92 Å². The molecule has 73 valence electrons. The lowest BCUT2D eigenvalue weighted by atomic mass is 10.2. The molecule has 0 atom stereocenters. The van der Waals surface area contributed by atoms with Gasteiger partial charge in [0.05, 0.1) is 0 Å². The van der Waals surface area contributed by atoms with Gasteiger partial charge in [0.15, 0.2) is 0 Å². The highest BCUT2D eigenvalue weighted by Gasteiger charge is 2.03. The van der Waals surface area contributed by atoms with E-state index in [1.54, 1.807) is 0 Å². The second kappa shape index (κ2) is 7.56. The van der Waals surface area contributed by atoms with Gasteiger partial charge in [0.1, 0.15) is 0 Å². The fourth-order valence-electron chi connectivity index (χ4n) is 1.18. The average Bonchev–Trinajstić information content (AvgIpc) is 2.00. The molecule has 2 nitrogen and oxygen atoms in total. The summed E-state index contributed by atoms with van der Waals surface area (Å²) in [7, 11) is 0. The van der Waals surface area contributed by atoms with Crippen LogP contribution in [0.15, 0.2) is 0 Å². The number of nitrogens with zero attached hydrogens (tertiary/aromatic N) is 1. The summed E-state index contributed by atoms with van der Waals surface area (Å²) in [6, 6.07) is 0. The van der Waals surface area contributed by atoms with Crippen molar-refractivity contribution in [3.05, 3.63) is 6.92 Å². The second-order valence-electron chi connectivity index (χ2n) is 3.60. The maximum Gasteiger partial charge on any atom is 0.0154 e. The summed E-state index contributed by atoms with van der Waals surface area (Å²) in [6.07, 6.45) is 2.52. The molecule has 0 saturated carbocycles. The Bertz CT molecular complexity index is 91.8. The van der Waals surface area contributed by atoms with Crippen LogP contribution in [0.25, 0.3) is 0 Å². The summed E-state index contributed by atoms with van der Waals surface area (Å²) in [5.74, 6) is 0.723. The third-order valence-electron chi connectivity index (χ3n) is 1.70. The number of rotatable bonds is 7. The predicted octanol–water partition coefficient (Wildman–Crippen LogP) is 2.08. The highest BCUT2D eigenvalue weighted by atomic mass is 15.5. The third kappa shape index (κ3) is 6.62. The van der Waals surface area contributed by atoms with E-state index in [2.05, 4.69) is 38.1 Å². The zero-order valence-electron chi connectivity index (χ0n) is 8.77. The van der Waals surface area contributed by atoms with Crippen molar-refractivity contribution < 1.29 is 0 Å². The maximum atomic E-state index is 3.79. The molecular weight excluding hydrogens is 148 g/mol.